The molecule has 5 nitrogen and oxygen atoms in total. The van der Waals surface area contributed by atoms with E-state index >= 15 is 0 Å². The summed E-state index contributed by atoms with van der Waals surface area (Å²) in [6, 6.07) is 4.15. The fraction of sp³-hybridized carbons (Fsp3) is 0.682. The second-order valence-corrected chi connectivity index (χ2v) is 8.37. The minimum Gasteiger partial charge on any atom is -0.493 e. The molecule has 2 heterocycles. The quantitative estimate of drug-likeness (QED) is 0.797. The fourth-order valence-electron chi connectivity index (χ4n) is 4.90. The number of benzene rings is 1. The van der Waals surface area contributed by atoms with E-state index in [1.807, 2.05) is 0 Å². The molecule has 1 saturated carbocycles. The Labute approximate surface area is 162 Å². The number of carbonyl (C=O) groups is 1. The van der Waals surface area contributed by atoms with Crippen molar-refractivity contribution in [1.29, 1.82) is 0 Å². The van der Waals surface area contributed by atoms with Gasteiger partial charge in [0.05, 0.1) is 20.8 Å². The van der Waals surface area contributed by atoms with E-state index in [0.29, 0.717) is 12.5 Å². The summed E-state index contributed by atoms with van der Waals surface area (Å²) in [5.74, 6) is 3.49. The predicted molar refractivity (Wildman–Crippen MR) is 105 cm³/mol. The van der Waals surface area contributed by atoms with Crippen LogP contribution in [-0.4, -0.2) is 56.1 Å². The molecule has 4 rings (SSSR count). The largest absolute Gasteiger partial charge is 0.493 e. The second kappa shape index (κ2) is 8.09. The first kappa shape index (κ1) is 18.6. The SMILES string of the molecule is COc1cc2c(cc1OC)CN(CC(=O)N1CCCC(C3CCC3)C1)CC2. The normalized spacial score (nSPS) is 23.5. The summed E-state index contributed by atoms with van der Waals surface area (Å²) in [5.41, 5.74) is 2.55. The summed E-state index contributed by atoms with van der Waals surface area (Å²) in [6.07, 6.45) is 7.58. The van der Waals surface area contributed by atoms with Crippen LogP contribution in [0.2, 0.25) is 0 Å². The molecular weight excluding hydrogens is 340 g/mol. The van der Waals surface area contributed by atoms with Gasteiger partial charge < -0.3 is 14.4 Å². The number of ether oxygens (including phenoxy) is 2. The van der Waals surface area contributed by atoms with Crippen LogP contribution in [0.25, 0.3) is 0 Å². The van der Waals surface area contributed by atoms with Gasteiger partial charge in [0.25, 0.3) is 0 Å². The van der Waals surface area contributed by atoms with Crippen molar-refractivity contribution in [1.82, 2.24) is 9.80 Å². The zero-order valence-electron chi connectivity index (χ0n) is 16.7. The minimum atomic E-state index is 0.308. The molecule has 3 aliphatic rings. The number of hydrogen-bond donors (Lipinski definition) is 0. The zero-order chi connectivity index (χ0) is 18.8. The van der Waals surface area contributed by atoms with E-state index in [0.717, 1.165) is 55.9 Å². The smallest absolute Gasteiger partial charge is 0.236 e. The lowest BCUT2D eigenvalue weighted by atomic mass is 9.73. The molecule has 1 atom stereocenters. The van der Waals surface area contributed by atoms with E-state index < -0.39 is 0 Å². The summed E-state index contributed by atoms with van der Waals surface area (Å²) < 4.78 is 10.9. The average Bonchev–Trinajstić information content (AvgIpc) is 2.65. The molecular formula is C22H32N2O3. The first-order chi connectivity index (χ1) is 13.2. The second-order valence-electron chi connectivity index (χ2n) is 8.37. The van der Waals surface area contributed by atoms with Gasteiger partial charge in [0.2, 0.25) is 5.91 Å². The van der Waals surface area contributed by atoms with Gasteiger partial charge in [-0.15, -0.1) is 0 Å². The lowest BCUT2D eigenvalue weighted by Gasteiger charge is -2.41. The molecule has 1 aromatic rings. The number of rotatable bonds is 5. The molecule has 1 saturated heterocycles. The monoisotopic (exact) mass is 372 g/mol. The van der Waals surface area contributed by atoms with Crippen molar-refractivity contribution >= 4 is 5.91 Å². The zero-order valence-corrected chi connectivity index (χ0v) is 16.7. The van der Waals surface area contributed by atoms with Crippen LogP contribution in [0.3, 0.4) is 0 Å². The average molecular weight is 373 g/mol. The predicted octanol–water partition coefficient (Wildman–Crippen LogP) is 3.10. The molecule has 1 amide bonds. The van der Waals surface area contributed by atoms with Crippen LogP contribution >= 0.6 is 0 Å². The molecule has 0 radical (unpaired) electrons. The van der Waals surface area contributed by atoms with Crippen LogP contribution < -0.4 is 9.47 Å². The van der Waals surface area contributed by atoms with Crippen LogP contribution in [-0.2, 0) is 17.8 Å². The molecule has 2 fully saturated rings. The van der Waals surface area contributed by atoms with Crippen LogP contribution in [0.4, 0.5) is 0 Å². The third kappa shape index (κ3) is 3.93. The lowest BCUT2D eigenvalue weighted by Crippen LogP contribution is -2.47. The standard InChI is InChI=1S/C22H32N2O3/c1-26-20-11-17-8-10-23(13-19(17)12-21(20)27-2)15-22(25)24-9-4-7-18(14-24)16-5-3-6-16/h11-12,16,18H,3-10,13-15H2,1-2H3. The third-order valence-corrected chi connectivity index (χ3v) is 6.78. The summed E-state index contributed by atoms with van der Waals surface area (Å²) >= 11 is 0. The number of likely N-dealkylation sites (tertiary alicyclic amines) is 1. The van der Waals surface area contributed by atoms with Gasteiger partial charge in [-0.05, 0) is 54.4 Å². The third-order valence-electron chi connectivity index (χ3n) is 6.78. The minimum absolute atomic E-state index is 0.308. The number of hydrogen-bond acceptors (Lipinski definition) is 4. The van der Waals surface area contributed by atoms with Crippen LogP contribution in [0.15, 0.2) is 12.1 Å². The van der Waals surface area contributed by atoms with Gasteiger partial charge >= 0.3 is 0 Å². The number of nitrogens with zero attached hydrogens (tertiary/aromatic N) is 2. The summed E-state index contributed by atoms with van der Waals surface area (Å²) in [5, 5.41) is 0. The Morgan fingerprint density at radius 3 is 2.37 bits per heavy atom. The molecule has 148 valence electrons. The van der Waals surface area contributed by atoms with Gasteiger partial charge in [-0.25, -0.2) is 0 Å². The van der Waals surface area contributed by atoms with Gasteiger partial charge in [0.15, 0.2) is 11.5 Å². The van der Waals surface area contributed by atoms with Crippen molar-refractivity contribution in [3.05, 3.63) is 23.3 Å². The maximum atomic E-state index is 12.9. The molecule has 0 bridgehead atoms. The first-order valence-electron chi connectivity index (χ1n) is 10.4. The van der Waals surface area contributed by atoms with Crippen molar-refractivity contribution in [2.24, 2.45) is 11.8 Å². The highest BCUT2D eigenvalue weighted by Gasteiger charge is 2.33. The number of piperidine rings is 1. The molecule has 2 aliphatic heterocycles. The fourth-order valence-corrected chi connectivity index (χ4v) is 4.90. The highest BCUT2D eigenvalue weighted by molar-refractivity contribution is 5.78. The van der Waals surface area contributed by atoms with Gasteiger partial charge in [0.1, 0.15) is 0 Å². The van der Waals surface area contributed by atoms with Crippen molar-refractivity contribution in [3.63, 3.8) is 0 Å². The van der Waals surface area contributed by atoms with E-state index in [2.05, 4.69) is 21.9 Å². The van der Waals surface area contributed by atoms with E-state index in [-0.39, 0.29) is 0 Å². The van der Waals surface area contributed by atoms with Crippen LogP contribution in [0.5, 0.6) is 11.5 Å². The topological polar surface area (TPSA) is 42.0 Å². The molecule has 5 heteroatoms. The number of amides is 1. The Morgan fingerprint density at radius 1 is 1.00 bits per heavy atom. The summed E-state index contributed by atoms with van der Waals surface area (Å²) in [6.45, 7) is 4.19. The Balaban J connectivity index is 1.37. The van der Waals surface area contributed by atoms with E-state index in [9.17, 15) is 4.79 Å². The first-order valence-corrected chi connectivity index (χ1v) is 10.4. The Hall–Kier alpha value is -1.75. The van der Waals surface area contributed by atoms with E-state index in [1.165, 1.54) is 43.2 Å². The molecule has 1 aromatic carbocycles. The van der Waals surface area contributed by atoms with Crippen molar-refractivity contribution in [2.45, 2.75) is 45.1 Å². The molecule has 1 unspecified atom stereocenters. The van der Waals surface area contributed by atoms with Crippen LogP contribution in [0.1, 0.15) is 43.2 Å². The highest BCUT2D eigenvalue weighted by atomic mass is 16.5. The molecule has 0 aromatic heterocycles. The Kier molecular flexibility index (Phi) is 5.58. The Bertz CT molecular complexity index is 686. The van der Waals surface area contributed by atoms with Gasteiger partial charge in [-0.3, -0.25) is 9.69 Å². The van der Waals surface area contributed by atoms with Crippen LogP contribution in [0, 0.1) is 11.8 Å². The van der Waals surface area contributed by atoms with Crippen molar-refractivity contribution in [3.8, 4) is 11.5 Å². The molecule has 1 aliphatic carbocycles. The maximum absolute atomic E-state index is 12.9. The Morgan fingerprint density at radius 2 is 1.70 bits per heavy atom. The lowest BCUT2D eigenvalue weighted by molar-refractivity contribution is -0.135. The van der Waals surface area contributed by atoms with Crippen molar-refractivity contribution in [2.75, 3.05) is 40.4 Å². The molecule has 27 heavy (non-hydrogen) atoms. The molecule has 0 N–H and O–H groups in total. The highest BCUT2D eigenvalue weighted by Crippen LogP contribution is 2.38. The summed E-state index contributed by atoms with van der Waals surface area (Å²) in [7, 11) is 3.34. The van der Waals surface area contributed by atoms with Gasteiger partial charge in [-0.1, -0.05) is 19.3 Å². The van der Waals surface area contributed by atoms with Gasteiger partial charge in [0, 0.05) is 26.2 Å². The van der Waals surface area contributed by atoms with Gasteiger partial charge in [-0.2, -0.15) is 0 Å². The van der Waals surface area contributed by atoms with E-state index in [4.69, 9.17) is 9.47 Å². The summed E-state index contributed by atoms with van der Waals surface area (Å²) in [4.78, 5) is 17.3. The van der Waals surface area contributed by atoms with Crippen molar-refractivity contribution < 1.29 is 14.3 Å². The number of carbonyl (C=O) groups excluding carboxylic acids is 1. The number of fused-ring (bicyclic) bond motifs is 1. The maximum Gasteiger partial charge on any atom is 0.236 e. The molecule has 0 spiro atoms. The number of methoxy groups -OCH3 is 2. The van der Waals surface area contributed by atoms with E-state index in [1.54, 1.807) is 14.2 Å².